The summed E-state index contributed by atoms with van der Waals surface area (Å²) in [6, 6.07) is 9.96. The number of alkyl halides is 1. The Bertz CT molecular complexity index is 1040. The molecule has 6 nitrogen and oxygen atoms in total. The first-order chi connectivity index (χ1) is 20.6. The molecule has 2 unspecified atom stereocenters. The molecule has 0 aromatic heterocycles. The van der Waals surface area contributed by atoms with Gasteiger partial charge in [-0.1, -0.05) is 67.5 Å². The molecule has 0 spiro atoms. The fourth-order valence-corrected chi connectivity index (χ4v) is 7.98. The minimum absolute atomic E-state index is 0.0185. The lowest BCUT2D eigenvalue weighted by molar-refractivity contribution is -0.201. The van der Waals surface area contributed by atoms with Crippen LogP contribution in [0.5, 0.6) is 5.75 Å². The quantitative estimate of drug-likeness (QED) is 0.0507. The highest BCUT2D eigenvalue weighted by Gasteiger charge is 2.52. The predicted molar refractivity (Wildman–Crippen MR) is 183 cm³/mol. The molecule has 2 aliphatic heterocycles. The fraction of sp³-hybridized carbons (Fsp3) is 0.714. The van der Waals surface area contributed by atoms with Crippen molar-refractivity contribution in [3.05, 3.63) is 42.2 Å². The Morgan fingerprint density at radius 2 is 1.72 bits per heavy atom. The number of hydrogen-bond acceptors (Lipinski definition) is 6. The van der Waals surface area contributed by atoms with E-state index in [-0.39, 0.29) is 45.6 Å². The standard InChI is InChI=1S/C35H53IO6Si/c1-7-26(36)24-28-30(42-43(5,6)35(2,3)4)25-31(41-33-20-12-14-22-39-33)34(28)29(40-32-19-11-13-21-38-32)18-15-23-37-27-16-9-8-10-17-27/h1,8-10,16-18,26,28,30-34H,11-15,19-25H2,2-6H3/t26-,28+,30+,31-,32?,33?,34+/m0/s1. The summed E-state index contributed by atoms with van der Waals surface area (Å²) in [5.41, 5.74) is 0. The first-order valence-corrected chi connectivity index (χ1v) is 20.4. The third-order valence-corrected chi connectivity index (χ3v) is 14.8. The van der Waals surface area contributed by atoms with Crippen LogP contribution in [0.2, 0.25) is 18.1 Å². The molecular formula is C35H53IO6Si. The summed E-state index contributed by atoms with van der Waals surface area (Å²) in [6.07, 6.45) is 16.2. The van der Waals surface area contributed by atoms with E-state index in [9.17, 15) is 0 Å². The molecule has 3 aliphatic rings. The molecule has 43 heavy (non-hydrogen) atoms. The molecule has 0 N–H and O–H groups in total. The van der Waals surface area contributed by atoms with E-state index in [4.69, 9.17) is 34.5 Å². The Morgan fingerprint density at radius 1 is 1.05 bits per heavy atom. The molecule has 3 fully saturated rings. The van der Waals surface area contributed by atoms with Gasteiger partial charge in [-0.05, 0) is 87.2 Å². The third kappa shape index (κ3) is 10.2. The van der Waals surface area contributed by atoms with Crippen LogP contribution in [0, 0.1) is 24.2 Å². The minimum atomic E-state index is -2.08. The summed E-state index contributed by atoms with van der Waals surface area (Å²) in [7, 11) is -2.08. The first-order valence-electron chi connectivity index (χ1n) is 16.3. The summed E-state index contributed by atoms with van der Waals surface area (Å²) in [6.45, 7) is 13.6. The predicted octanol–water partition coefficient (Wildman–Crippen LogP) is 8.65. The van der Waals surface area contributed by atoms with Crippen LogP contribution < -0.4 is 4.74 Å². The van der Waals surface area contributed by atoms with E-state index in [2.05, 4.69) is 68.5 Å². The zero-order chi connectivity index (χ0) is 30.9. The van der Waals surface area contributed by atoms with Crippen molar-refractivity contribution in [2.75, 3.05) is 19.8 Å². The molecular weight excluding hydrogens is 671 g/mol. The summed E-state index contributed by atoms with van der Waals surface area (Å²) in [5, 5.41) is 0.0915. The number of hydrogen-bond donors (Lipinski definition) is 0. The second-order valence-corrected chi connectivity index (χ2v) is 19.9. The molecule has 0 amide bonds. The lowest BCUT2D eigenvalue weighted by atomic mass is 9.87. The van der Waals surface area contributed by atoms with E-state index >= 15 is 0 Å². The maximum Gasteiger partial charge on any atom is 0.199 e. The molecule has 4 rings (SSSR count). The highest BCUT2D eigenvalue weighted by atomic mass is 127. The number of para-hydroxylation sites is 1. The number of terminal acetylenes is 1. The molecule has 240 valence electrons. The minimum Gasteiger partial charge on any atom is -0.493 e. The smallest absolute Gasteiger partial charge is 0.199 e. The Kier molecular flexibility index (Phi) is 13.3. The van der Waals surface area contributed by atoms with Crippen molar-refractivity contribution >= 4 is 30.9 Å². The van der Waals surface area contributed by atoms with Crippen molar-refractivity contribution in [2.24, 2.45) is 11.8 Å². The molecule has 1 aromatic rings. The van der Waals surface area contributed by atoms with Crippen LogP contribution in [0.1, 0.15) is 78.6 Å². The van der Waals surface area contributed by atoms with E-state index in [1.807, 2.05) is 30.3 Å². The second kappa shape index (κ2) is 16.5. The maximum atomic E-state index is 7.20. The van der Waals surface area contributed by atoms with Gasteiger partial charge in [0.1, 0.15) is 11.5 Å². The average molecular weight is 725 g/mol. The molecule has 8 heteroatoms. The van der Waals surface area contributed by atoms with Crippen LogP contribution in [-0.4, -0.2) is 56.9 Å². The van der Waals surface area contributed by atoms with Gasteiger partial charge >= 0.3 is 0 Å². The second-order valence-electron chi connectivity index (χ2n) is 13.7. The lowest BCUT2D eigenvalue weighted by Crippen LogP contribution is -2.45. The van der Waals surface area contributed by atoms with Crippen LogP contribution in [-0.2, 0) is 23.4 Å². The average Bonchev–Trinajstić information content (AvgIpc) is 3.30. The molecule has 1 saturated carbocycles. The molecule has 2 saturated heterocycles. The normalized spacial score (nSPS) is 29.6. The molecule has 1 aliphatic carbocycles. The van der Waals surface area contributed by atoms with Gasteiger partial charge in [0.15, 0.2) is 20.9 Å². The van der Waals surface area contributed by atoms with E-state index in [0.717, 1.165) is 76.1 Å². The Labute approximate surface area is 275 Å². The number of benzene rings is 1. The topological polar surface area (TPSA) is 55.4 Å². The van der Waals surface area contributed by atoms with E-state index < -0.39 is 8.32 Å². The lowest BCUT2D eigenvalue weighted by Gasteiger charge is -2.40. The van der Waals surface area contributed by atoms with Gasteiger partial charge in [-0.3, -0.25) is 0 Å². The number of rotatable bonds is 13. The first kappa shape index (κ1) is 34.8. The molecule has 2 heterocycles. The van der Waals surface area contributed by atoms with Gasteiger partial charge < -0.3 is 28.1 Å². The molecule has 1 aromatic carbocycles. The van der Waals surface area contributed by atoms with Crippen molar-refractivity contribution in [1.82, 2.24) is 0 Å². The van der Waals surface area contributed by atoms with Crippen LogP contribution in [0.25, 0.3) is 0 Å². The van der Waals surface area contributed by atoms with E-state index in [0.29, 0.717) is 13.0 Å². The van der Waals surface area contributed by atoms with Crippen molar-refractivity contribution in [3.63, 3.8) is 0 Å². The SMILES string of the molecule is C#C[C@H](I)C[C@H]1[C@H](C(=CCCOc2ccccc2)OC2CCCCO2)[C@@H](OC2CCCCO2)C[C@H]1O[Si](C)(C)C(C)(C)C. The monoisotopic (exact) mass is 724 g/mol. The van der Waals surface area contributed by atoms with Gasteiger partial charge in [-0.2, -0.15) is 0 Å². The van der Waals surface area contributed by atoms with Gasteiger partial charge in [0.25, 0.3) is 0 Å². The van der Waals surface area contributed by atoms with E-state index in [1.165, 1.54) is 0 Å². The summed E-state index contributed by atoms with van der Waals surface area (Å²) < 4.78 is 39.2. The zero-order valence-corrected chi connectivity index (χ0v) is 30.1. The highest BCUT2D eigenvalue weighted by molar-refractivity contribution is 14.1. The summed E-state index contributed by atoms with van der Waals surface area (Å²) in [5.74, 6) is 4.90. The summed E-state index contributed by atoms with van der Waals surface area (Å²) >= 11 is 2.40. The molecule has 7 atom stereocenters. The van der Waals surface area contributed by atoms with Crippen LogP contribution in [0.3, 0.4) is 0 Å². The van der Waals surface area contributed by atoms with Crippen molar-refractivity contribution in [3.8, 4) is 18.1 Å². The van der Waals surface area contributed by atoms with Crippen LogP contribution >= 0.6 is 22.6 Å². The van der Waals surface area contributed by atoms with Crippen molar-refractivity contribution in [2.45, 2.75) is 125 Å². The van der Waals surface area contributed by atoms with Gasteiger partial charge in [-0.25, -0.2) is 0 Å². The number of halogens is 1. The summed E-state index contributed by atoms with van der Waals surface area (Å²) in [4.78, 5) is 0. The highest BCUT2D eigenvalue weighted by Crippen LogP contribution is 2.49. The van der Waals surface area contributed by atoms with E-state index in [1.54, 1.807) is 0 Å². The zero-order valence-electron chi connectivity index (χ0n) is 26.9. The van der Waals surface area contributed by atoms with Gasteiger partial charge in [0.05, 0.1) is 29.3 Å². The maximum absolute atomic E-state index is 7.20. The third-order valence-electron chi connectivity index (χ3n) is 9.39. The van der Waals surface area contributed by atoms with Crippen molar-refractivity contribution in [1.29, 1.82) is 0 Å². The van der Waals surface area contributed by atoms with Gasteiger partial charge in [0.2, 0.25) is 0 Å². The Morgan fingerprint density at radius 3 is 2.33 bits per heavy atom. The number of ether oxygens (including phenoxy) is 5. The Hall–Kier alpha value is -1.09. The fourth-order valence-electron chi connectivity index (χ4n) is 6.01. The van der Waals surface area contributed by atoms with Gasteiger partial charge in [0, 0.05) is 25.4 Å². The van der Waals surface area contributed by atoms with Gasteiger partial charge in [-0.15, -0.1) is 6.42 Å². The van der Waals surface area contributed by atoms with Crippen LogP contribution in [0.15, 0.2) is 42.2 Å². The molecule has 0 bridgehead atoms. The largest absolute Gasteiger partial charge is 0.493 e. The van der Waals surface area contributed by atoms with Crippen LogP contribution in [0.4, 0.5) is 0 Å². The van der Waals surface area contributed by atoms with Crippen molar-refractivity contribution < 1.29 is 28.1 Å². The molecule has 0 radical (unpaired) electrons. The Balaban J connectivity index is 1.66.